The summed E-state index contributed by atoms with van der Waals surface area (Å²) in [6.07, 6.45) is 3.73. The van der Waals surface area contributed by atoms with Crippen LogP contribution in [0.15, 0.2) is 48.5 Å². The van der Waals surface area contributed by atoms with Crippen LogP contribution >= 0.6 is 11.6 Å². The molecule has 0 aromatic heterocycles. The van der Waals surface area contributed by atoms with Gasteiger partial charge in [-0.05, 0) is 41.8 Å². The van der Waals surface area contributed by atoms with E-state index in [4.69, 9.17) is 16.7 Å². The first-order chi connectivity index (χ1) is 10.1. The van der Waals surface area contributed by atoms with E-state index < -0.39 is 5.97 Å². The van der Waals surface area contributed by atoms with Crippen molar-refractivity contribution in [2.45, 2.75) is 6.42 Å². The minimum atomic E-state index is -0.960. The molecule has 2 aromatic carbocycles. The molecule has 3 nitrogen and oxygen atoms in total. The van der Waals surface area contributed by atoms with Gasteiger partial charge < -0.3 is 10.0 Å². The van der Waals surface area contributed by atoms with E-state index in [2.05, 4.69) is 17.0 Å². The number of nitrogens with zero attached hydrogens (tertiary/aromatic N) is 1. The van der Waals surface area contributed by atoms with E-state index >= 15 is 0 Å². The first-order valence-corrected chi connectivity index (χ1v) is 7.09. The van der Waals surface area contributed by atoms with Crippen molar-refractivity contribution in [2.75, 3.05) is 11.4 Å². The number of rotatable bonds is 3. The first-order valence-electron chi connectivity index (χ1n) is 6.71. The summed E-state index contributed by atoms with van der Waals surface area (Å²) < 4.78 is 0. The molecule has 1 N–H and O–H groups in total. The quantitative estimate of drug-likeness (QED) is 0.866. The third-order valence-electron chi connectivity index (χ3n) is 3.58. The van der Waals surface area contributed by atoms with Gasteiger partial charge in [0.1, 0.15) is 0 Å². The smallest absolute Gasteiger partial charge is 0.328 e. The lowest BCUT2D eigenvalue weighted by Crippen LogP contribution is -2.14. The van der Waals surface area contributed by atoms with Crippen molar-refractivity contribution in [3.8, 4) is 0 Å². The second kappa shape index (κ2) is 5.62. The number of hydrogen-bond donors (Lipinski definition) is 1. The number of anilines is 2. The number of fused-ring (bicyclic) bond motifs is 1. The standard InChI is InChI=1S/C17H14ClNO2/c18-14-7-5-13(6-8-17(20)21)16(11-14)19-10-9-12-3-1-2-4-15(12)19/h1-8,11H,9-10H2,(H,20,21)/b8-6+. The highest BCUT2D eigenvalue weighted by Crippen LogP contribution is 2.37. The molecule has 1 aliphatic heterocycles. The van der Waals surface area contributed by atoms with Crippen LogP contribution in [0.5, 0.6) is 0 Å². The van der Waals surface area contributed by atoms with Gasteiger partial charge in [-0.15, -0.1) is 0 Å². The van der Waals surface area contributed by atoms with Crippen LogP contribution in [-0.2, 0) is 11.2 Å². The number of halogens is 1. The van der Waals surface area contributed by atoms with Crippen molar-refractivity contribution in [1.82, 2.24) is 0 Å². The summed E-state index contributed by atoms with van der Waals surface area (Å²) in [5.41, 5.74) is 4.24. The number of aliphatic carboxylic acids is 1. The Morgan fingerprint density at radius 1 is 1.19 bits per heavy atom. The van der Waals surface area contributed by atoms with Gasteiger partial charge in [0, 0.05) is 29.0 Å². The molecule has 0 spiro atoms. The molecule has 0 atom stereocenters. The van der Waals surface area contributed by atoms with Crippen LogP contribution in [0.1, 0.15) is 11.1 Å². The Morgan fingerprint density at radius 3 is 2.81 bits per heavy atom. The van der Waals surface area contributed by atoms with Crippen molar-refractivity contribution >= 4 is 35.0 Å². The average molecular weight is 300 g/mol. The van der Waals surface area contributed by atoms with Crippen LogP contribution in [0.2, 0.25) is 5.02 Å². The maximum atomic E-state index is 10.7. The molecule has 0 saturated heterocycles. The summed E-state index contributed by atoms with van der Waals surface area (Å²) in [5, 5.41) is 9.46. The molecule has 0 radical (unpaired) electrons. The highest BCUT2D eigenvalue weighted by Gasteiger charge is 2.21. The van der Waals surface area contributed by atoms with Crippen LogP contribution in [0.25, 0.3) is 6.08 Å². The van der Waals surface area contributed by atoms with Gasteiger partial charge in [-0.2, -0.15) is 0 Å². The monoisotopic (exact) mass is 299 g/mol. The van der Waals surface area contributed by atoms with Crippen LogP contribution in [0.3, 0.4) is 0 Å². The Kier molecular flexibility index (Phi) is 3.67. The van der Waals surface area contributed by atoms with Crippen LogP contribution in [0, 0.1) is 0 Å². The largest absolute Gasteiger partial charge is 0.478 e. The number of benzene rings is 2. The maximum Gasteiger partial charge on any atom is 0.328 e. The number of carboxylic acids is 1. The normalized spacial score (nSPS) is 13.7. The lowest BCUT2D eigenvalue weighted by atomic mass is 10.1. The van der Waals surface area contributed by atoms with Gasteiger partial charge in [0.2, 0.25) is 0 Å². The van der Waals surface area contributed by atoms with Gasteiger partial charge in [-0.1, -0.05) is 35.9 Å². The number of carbonyl (C=O) groups is 1. The molecular weight excluding hydrogens is 286 g/mol. The molecule has 3 rings (SSSR count). The Bertz CT molecular complexity index is 724. The van der Waals surface area contributed by atoms with Gasteiger partial charge in [0.15, 0.2) is 0 Å². The summed E-state index contributed by atoms with van der Waals surface area (Å²) >= 11 is 6.12. The van der Waals surface area contributed by atoms with Crippen molar-refractivity contribution in [1.29, 1.82) is 0 Å². The van der Waals surface area contributed by atoms with Crippen LogP contribution < -0.4 is 4.90 Å². The summed E-state index contributed by atoms with van der Waals surface area (Å²) in [6.45, 7) is 0.869. The molecular formula is C17H14ClNO2. The predicted molar refractivity (Wildman–Crippen MR) is 85.3 cm³/mol. The molecule has 0 bridgehead atoms. The first kappa shape index (κ1) is 13.7. The molecule has 2 aromatic rings. The van der Waals surface area contributed by atoms with Gasteiger partial charge in [0.25, 0.3) is 0 Å². The fourth-order valence-electron chi connectivity index (χ4n) is 2.64. The summed E-state index contributed by atoms with van der Waals surface area (Å²) in [5.74, 6) is -0.960. The molecule has 21 heavy (non-hydrogen) atoms. The van der Waals surface area contributed by atoms with Gasteiger partial charge in [-0.3, -0.25) is 0 Å². The second-order valence-electron chi connectivity index (χ2n) is 4.91. The average Bonchev–Trinajstić information content (AvgIpc) is 2.89. The lowest BCUT2D eigenvalue weighted by molar-refractivity contribution is -0.131. The van der Waals surface area contributed by atoms with Gasteiger partial charge >= 0.3 is 5.97 Å². The van der Waals surface area contributed by atoms with E-state index in [1.807, 2.05) is 24.3 Å². The van der Waals surface area contributed by atoms with Crippen molar-refractivity contribution < 1.29 is 9.90 Å². The highest BCUT2D eigenvalue weighted by atomic mass is 35.5. The molecule has 0 unspecified atom stereocenters. The molecule has 0 fully saturated rings. The maximum absolute atomic E-state index is 10.7. The van der Waals surface area contributed by atoms with E-state index in [1.165, 1.54) is 5.56 Å². The summed E-state index contributed by atoms with van der Waals surface area (Å²) in [6, 6.07) is 13.7. The van der Waals surface area contributed by atoms with Crippen LogP contribution in [0.4, 0.5) is 11.4 Å². The lowest BCUT2D eigenvalue weighted by Gasteiger charge is -2.22. The topological polar surface area (TPSA) is 40.5 Å². The molecule has 0 aliphatic carbocycles. The van der Waals surface area contributed by atoms with E-state index in [1.54, 1.807) is 12.1 Å². The van der Waals surface area contributed by atoms with Crippen LogP contribution in [-0.4, -0.2) is 17.6 Å². The third kappa shape index (κ3) is 2.78. The summed E-state index contributed by atoms with van der Waals surface area (Å²) in [7, 11) is 0. The predicted octanol–water partition coefficient (Wildman–Crippen LogP) is 4.13. The molecule has 106 valence electrons. The zero-order valence-corrected chi connectivity index (χ0v) is 12.0. The Hall–Kier alpha value is -2.26. The molecule has 1 aliphatic rings. The van der Waals surface area contributed by atoms with Crippen molar-refractivity contribution in [3.05, 3.63) is 64.7 Å². The molecule has 1 heterocycles. The Labute approximate surface area is 128 Å². The Morgan fingerprint density at radius 2 is 2.00 bits per heavy atom. The highest BCUT2D eigenvalue weighted by molar-refractivity contribution is 6.31. The second-order valence-corrected chi connectivity index (χ2v) is 5.34. The van der Waals surface area contributed by atoms with Gasteiger partial charge in [0.05, 0.1) is 0 Å². The third-order valence-corrected chi connectivity index (χ3v) is 3.81. The Balaban J connectivity index is 2.06. The molecule has 0 amide bonds. The van der Waals surface area contributed by atoms with E-state index in [0.29, 0.717) is 5.02 Å². The van der Waals surface area contributed by atoms with Crippen molar-refractivity contribution in [2.24, 2.45) is 0 Å². The van der Waals surface area contributed by atoms with Crippen molar-refractivity contribution in [3.63, 3.8) is 0 Å². The van der Waals surface area contributed by atoms with Gasteiger partial charge in [-0.25, -0.2) is 4.79 Å². The minimum absolute atomic E-state index is 0.641. The number of hydrogen-bond acceptors (Lipinski definition) is 2. The zero-order valence-electron chi connectivity index (χ0n) is 11.3. The van der Waals surface area contributed by atoms with E-state index in [0.717, 1.165) is 36.0 Å². The summed E-state index contributed by atoms with van der Waals surface area (Å²) in [4.78, 5) is 12.9. The number of carboxylic acid groups (broad SMARTS) is 1. The SMILES string of the molecule is O=C(O)/C=C/c1ccc(Cl)cc1N1CCc2ccccc21. The molecule has 0 saturated carbocycles. The van der Waals surface area contributed by atoms with E-state index in [9.17, 15) is 4.79 Å². The zero-order chi connectivity index (χ0) is 14.8. The number of para-hydroxylation sites is 1. The molecule has 4 heteroatoms. The van der Waals surface area contributed by atoms with E-state index in [-0.39, 0.29) is 0 Å². The fourth-order valence-corrected chi connectivity index (χ4v) is 2.81. The minimum Gasteiger partial charge on any atom is -0.478 e. The fraction of sp³-hybridized carbons (Fsp3) is 0.118.